The fourth-order valence-electron chi connectivity index (χ4n) is 2.32. The van der Waals surface area contributed by atoms with Crippen LogP contribution in [0.5, 0.6) is 0 Å². The van der Waals surface area contributed by atoms with Crippen LogP contribution in [-0.2, 0) is 5.60 Å². The number of hydrogen-bond acceptors (Lipinski definition) is 4. The van der Waals surface area contributed by atoms with Gasteiger partial charge in [0.1, 0.15) is 11.4 Å². The number of nitrogens with zero attached hydrogens (tertiary/aromatic N) is 1. The Morgan fingerprint density at radius 2 is 1.92 bits per heavy atom. The van der Waals surface area contributed by atoms with Gasteiger partial charge in [0.05, 0.1) is 12.8 Å². The minimum absolute atomic E-state index is 0.220. The van der Waals surface area contributed by atoms with Gasteiger partial charge in [0, 0.05) is 25.3 Å². The molecular weight excluding hydrogens is 316 g/mol. The van der Waals surface area contributed by atoms with E-state index < -0.39 is 5.60 Å². The number of furan rings is 1. The lowest BCUT2D eigenvalue weighted by Gasteiger charge is -2.19. The number of nitrogens with one attached hydrogen (secondary N) is 3. The number of benzene rings is 1. The van der Waals surface area contributed by atoms with Crippen molar-refractivity contribution in [2.24, 2.45) is 4.99 Å². The third-order valence-electron chi connectivity index (χ3n) is 3.69. The maximum atomic E-state index is 10.5. The number of rotatable bonds is 9. The normalized spacial score (nSPS) is 14.0. The second kappa shape index (κ2) is 9.74. The molecule has 0 fully saturated rings. The first-order valence-corrected chi connectivity index (χ1v) is 8.69. The molecule has 0 spiro atoms. The molecule has 4 N–H and O–H groups in total. The predicted octanol–water partition coefficient (Wildman–Crippen LogP) is 2.54. The molecular formula is C19H28N4O2. The molecule has 6 heteroatoms. The topological polar surface area (TPSA) is 81.8 Å². The second-order valence-corrected chi connectivity index (χ2v) is 6.02. The SMILES string of the molecule is CCNC(=NCC(C)(O)c1ccco1)NCCCNc1ccccc1. The Morgan fingerprint density at radius 1 is 1.12 bits per heavy atom. The number of anilines is 1. The highest BCUT2D eigenvalue weighted by Crippen LogP contribution is 2.20. The zero-order chi connectivity index (χ0) is 18.0. The summed E-state index contributed by atoms with van der Waals surface area (Å²) in [6.45, 7) is 6.35. The molecule has 25 heavy (non-hydrogen) atoms. The molecule has 1 aromatic carbocycles. The van der Waals surface area contributed by atoms with E-state index in [2.05, 4.69) is 33.1 Å². The van der Waals surface area contributed by atoms with Gasteiger partial charge in [0.2, 0.25) is 0 Å². The Balaban J connectivity index is 1.75. The minimum Gasteiger partial charge on any atom is -0.466 e. The fraction of sp³-hybridized carbons (Fsp3) is 0.421. The quantitative estimate of drug-likeness (QED) is 0.319. The number of aliphatic imine (C=N–C) groups is 1. The van der Waals surface area contributed by atoms with Crippen LogP contribution < -0.4 is 16.0 Å². The Hall–Kier alpha value is -2.47. The van der Waals surface area contributed by atoms with Gasteiger partial charge in [-0.1, -0.05) is 18.2 Å². The lowest BCUT2D eigenvalue weighted by molar-refractivity contribution is 0.0437. The zero-order valence-corrected chi connectivity index (χ0v) is 15.0. The molecule has 0 aliphatic carbocycles. The molecule has 136 valence electrons. The summed E-state index contributed by atoms with van der Waals surface area (Å²) in [5.74, 6) is 1.20. The van der Waals surface area contributed by atoms with Crippen LogP contribution in [0.2, 0.25) is 0 Å². The third kappa shape index (κ3) is 6.51. The molecule has 0 bridgehead atoms. The van der Waals surface area contributed by atoms with E-state index in [4.69, 9.17) is 4.42 Å². The van der Waals surface area contributed by atoms with Crippen LogP contribution in [0.25, 0.3) is 0 Å². The van der Waals surface area contributed by atoms with Crippen molar-refractivity contribution < 1.29 is 9.52 Å². The number of guanidine groups is 1. The van der Waals surface area contributed by atoms with Gasteiger partial charge in [-0.25, -0.2) is 4.99 Å². The smallest absolute Gasteiger partial charge is 0.191 e. The summed E-state index contributed by atoms with van der Waals surface area (Å²) in [6, 6.07) is 13.7. The van der Waals surface area contributed by atoms with E-state index in [1.54, 1.807) is 25.3 Å². The van der Waals surface area contributed by atoms with E-state index in [0.717, 1.165) is 31.7 Å². The zero-order valence-electron chi connectivity index (χ0n) is 15.0. The standard InChI is InChI=1S/C19H28N4O2/c1-3-20-18(23-15-19(2,24)17-11-7-14-25-17)22-13-8-12-21-16-9-5-4-6-10-16/h4-7,9-11,14,21,24H,3,8,12-13,15H2,1-2H3,(H2,20,22,23). The lowest BCUT2D eigenvalue weighted by Crippen LogP contribution is -2.39. The van der Waals surface area contributed by atoms with Crippen molar-refractivity contribution in [2.75, 3.05) is 31.5 Å². The molecule has 0 amide bonds. The molecule has 1 heterocycles. The molecule has 2 aromatic rings. The van der Waals surface area contributed by atoms with E-state index in [9.17, 15) is 5.11 Å². The van der Waals surface area contributed by atoms with Gasteiger partial charge in [0.15, 0.2) is 5.96 Å². The summed E-state index contributed by atoms with van der Waals surface area (Å²) >= 11 is 0. The Morgan fingerprint density at radius 3 is 2.60 bits per heavy atom. The van der Waals surface area contributed by atoms with Gasteiger partial charge in [-0.05, 0) is 44.5 Å². The highest BCUT2D eigenvalue weighted by Gasteiger charge is 2.25. The summed E-state index contributed by atoms with van der Waals surface area (Å²) in [6.07, 6.45) is 2.50. The third-order valence-corrected chi connectivity index (χ3v) is 3.69. The molecule has 1 unspecified atom stereocenters. The van der Waals surface area contributed by atoms with Crippen molar-refractivity contribution in [3.8, 4) is 0 Å². The minimum atomic E-state index is -1.12. The first-order valence-electron chi connectivity index (χ1n) is 8.69. The number of hydrogen-bond donors (Lipinski definition) is 4. The Kier molecular flexibility index (Phi) is 7.35. The summed E-state index contributed by atoms with van der Waals surface area (Å²) in [5, 5.41) is 20.3. The molecule has 0 saturated heterocycles. The molecule has 6 nitrogen and oxygen atoms in total. The van der Waals surface area contributed by atoms with Crippen LogP contribution in [0.15, 0.2) is 58.1 Å². The Labute approximate surface area is 149 Å². The van der Waals surface area contributed by atoms with Crippen LogP contribution in [0.3, 0.4) is 0 Å². The average molecular weight is 344 g/mol. The molecule has 2 rings (SSSR count). The van der Waals surface area contributed by atoms with E-state index in [0.29, 0.717) is 11.7 Å². The monoisotopic (exact) mass is 344 g/mol. The average Bonchev–Trinajstić information content (AvgIpc) is 3.16. The Bertz CT molecular complexity index is 624. The van der Waals surface area contributed by atoms with Crippen molar-refractivity contribution in [3.63, 3.8) is 0 Å². The summed E-state index contributed by atoms with van der Waals surface area (Å²) < 4.78 is 5.28. The van der Waals surface area contributed by atoms with E-state index in [1.807, 2.05) is 25.1 Å². The van der Waals surface area contributed by atoms with Crippen molar-refractivity contribution in [3.05, 3.63) is 54.5 Å². The van der Waals surface area contributed by atoms with Crippen LogP contribution in [0, 0.1) is 0 Å². The molecule has 0 radical (unpaired) electrons. The highest BCUT2D eigenvalue weighted by atomic mass is 16.4. The van der Waals surface area contributed by atoms with Crippen LogP contribution in [-0.4, -0.2) is 37.2 Å². The summed E-state index contributed by atoms with van der Waals surface area (Å²) in [5.41, 5.74) is -0.00154. The first-order chi connectivity index (χ1) is 12.1. The van der Waals surface area contributed by atoms with Crippen molar-refractivity contribution in [1.82, 2.24) is 10.6 Å². The molecule has 0 saturated carbocycles. The second-order valence-electron chi connectivity index (χ2n) is 6.02. The predicted molar refractivity (Wildman–Crippen MR) is 102 cm³/mol. The van der Waals surface area contributed by atoms with Crippen molar-refractivity contribution >= 4 is 11.6 Å². The van der Waals surface area contributed by atoms with Gasteiger partial charge in [-0.3, -0.25) is 0 Å². The highest BCUT2D eigenvalue weighted by molar-refractivity contribution is 5.79. The maximum absolute atomic E-state index is 10.5. The van der Waals surface area contributed by atoms with Crippen LogP contribution in [0.4, 0.5) is 5.69 Å². The van der Waals surface area contributed by atoms with E-state index >= 15 is 0 Å². The van der Waals surface area contributed by atoms with Gasteiger partial charge in [-0.2, -0.15) is 0 Å². The van der Waals surface area contributed by atoms with Crippen molar-refractivity contribution in [1.29, 1.82) is 0 Å². The first kappa shape index (κ1) is 18.9. The number of aliphatic hydroxyl groups is 1. The molecule has 1 aromatic heterocycles. The lowest BCUT2D eigenvalue weighted by atomic mass is 10.0. The van der Waals surface area contributed by atoms with Crippen molar-refractivity contribution in [2.45, 2.75) is 25.9 Å². The maximum Gasteiger partial charge on any atom is 0.191 e. The van der Waals surface area contributed by atoms with Gasteiger partial charge in [0.25, 0.3) is 0 Å². The number of para-hydroxylation sites is 1. The van der Waals surface area contributed by atoms with Crippen LogP contribution >= 0.6 is 0 Å². The fourth-order valence-corrected chi connectivity index (χ4v) is 2.32. The molecule has 0 aliphatic heterocycles. The summed E-state index contributed by atoms with van der Waals surface area (Å²) in [4.78, 5) is 4.46. The molecule has 0 aliphatic rings. The van der Waals surface area contributed by atoms with E-state index in [1.165, 1.54) is 0 Å². The van der Waals surface area contributed by atoms with Crippen LogP contribution in [0.1, 0.15) is 26.0 Å². The largest absolute Gasteiger partial charge is 0.466 e. The van der Waals surface area contributed by atoms with Gasteiger partial charge >= 0.3 is 0 Å². The molecule has 1 atom stereocenters. The summed E-state index contributed by atoms with van der Waals surface area (Å²) in [7, 11) is 0. The van der Waals surface area contributed by atoms with E-state index in [-0.39, 0.29) is 6.54 Å². The van der Waals surface area contributed by atoms with Gasteiger partial charge < -0.3 is 25.5 Å². The van der Waals surface area contributed by atoms with Gasteiger partial charge in [-0.15, -0.1) is 0 Å².